The Bertz CT molecular complexity index is 710. The first kappa shape index (κ1) is 12.0. The maximum absolute atomic E-state index is 13.1. The molecule has 1 aromatic heterocycles. The second kappa shape index (κ2) is 4.93. The van der Waals surface area contributed by atoms with Crippen LogP contribution in [0.25, 0.3) is 22.8 Å². The summed E-state index contributed by atoms with van der Waals surface area (Å²) in [7, 11) is 0. The van der Waals surface area contributed by atoms with Crippen molar-refractivity contribution in [2.75, 3.05) is 0 Å². The summed E-state index contributed by atoms with van der Waals surface area (Å²) in [5.41, 5.74) is 1.71. The van der Waals surface area contributed by atoms with Gasteiger partial charge in [0.15, 0.2) is 11.6 Å². The molecule has 3 rings (SSSR count). The smallest absolute Gasteiger partial charge is 0.181 e. The quantitative estimate of drug-likeness (QED) is 0.775. The molecule has 0 saturated heterocycles. The summed E-state index contributed by atoms with van der Waals surface area (Å²) >= 11 is 3.32. The summed E-state index contributed by atoms with van der Waals surface area (Å²) < 4.78 is 13.7. The fourth-order valence-electron chi connectivity index (χ4n) is 1.78. The highest BCUT2D eigenvalue weighted by molar-refractivity contribution is 9.10. The van der Waals surface area contributed by atoms with E-state index >= 15 is 0 Å². The SMILES string of the molecule is Fc1ccc(-c2nc(-c3ccccc3)n[nH]2)c(Br)c1. The maximum Gasteiger partial charge on any atom is 0.181 e. The standard InChI is InChI=1S/C14H9BrFN3/c15-12-8-10(16)6-7-11(12)14-17-13(18-19-14)9-4-2-1-3-5-9/h1-8H,(H,17,18,19). The van der Waals surface area contributed by atoms with Gasteiger partial charge >= 0.3 is 0 Å². The zero-order valence-corrected chi connectivity index (χ0v) is 11.4. The Balaban J connectivity index is 2.02. The highest BCUT2D eigenvalue weighted by Gasteiger charge is 2.10. The second-order valence-corrected chi connectivity index (χ2v) is 4.85. The minimum Gasteiger partial charge on any atom is -0.259 e. The molecule has 0 amide bonds. The molecule has 0 unspecified atom stereocenters. The normalized spacial score (nSPS) is 10.6. The van der Waals surface area contributed by atoms with E-state index in [2.05, 4.69) is 31.1 Å². The van der Waals surface area contributed by atoms with Gasteiger partial charge in [-0.15, -0.1) is 0 Å². The van der Waals surface area contributed by atoms with Gasteiger partial charge in [-0.1, -0.05) is 30.3 Å². The number of aromatic nitrogens is 3. The van der Waals surface area contributed by atoms with Crippen LogP contribution in [0.4, 0.5) is 4.39 Å². The van der Waals surface area contributed by atoms with Crippen LogP contribution >= 0.6 is 15.9 Å². The Morgan fingerprint density at radius 3 is 2.58 bits per heavy atom. The summed E-state index contributed by atoms with van der Waals surface area (Å²) in [5.74, 6) is 0.927. The van der Waals surface area contributed by atoms with Gasteiger partial charge in [0.1, 0.15) is 5.82 Å². The molecule has 0 saturated carbocycles. The van der Waals surface area contributed by atoms with Gasteiger partial charge in [-0.2, -0.15) is 5.10 Å². The lowest BCUT2D eigenvalue weighted by molar-refractivity contribution is 0.627. The molecule has 0 fully saturated rings. The van der Waals surface area contributed by atoms with E-state index in [1.165, 1.54) is 12.1 Å². The van der Waals surface area contributed by atoms with Crippen molar-refractivity contribution in [2.24, 2.45) is 0 Å². The van der Waals surface area contributed by atoms with Crippen LogP contribution in [-0.2, 0) is 0 Å². The molecule has 0 aliphatic rings. The van der Waals surface area contributed by atoms with Crippen LogP contribution in [0.5, 0.6) is 0 Å². The topological polar surface area (TPSA) is 41.6 Å². The van der Waals surface area contributed by atoms with Crippen molar-refractivity contribution in [1.82, 2.24) is 15.2 Å². The van der Waals surface area contributed by atoms with Crippen LogP contribution in [0, 0.1) is 5.82 Å². The molecule has 19 heavy (non-hydrogen) atoms. The highest BCUT2D eigenvalue weighted by atomic mass is 79.9. The van der Waals surface area contributed by atoms with Crippen LogP contribution in [0.1, 0.15) is 0 Å². The molecule has 0 atom stereocenters. The third-order valence-electron chi connectivity index (χ3n) is 2.70. The van der Waals surface area contributed by atoms with Crippen molar-refractivity contribution in [2.45, 2.75) is 0 Å². The molecule has 94 valence electrons. The van der Waals surface area contributed by atoms with Crippen LogP contribution in [0.3, 0.4) is 0 Å². The lowest BCUT2D eigenvalue weighted by Gasteiger charge is -1.99. The third kappa shape index (κ3) is 2.42. The lowest BCUT2D eigenvalue weighted by atomic mass is 10.2. The van der Waals surface area contributed by atoms with Gasteiger partial charge in [0.25, 0.3) is 0 Å². The number of halogens is 2. The molecule has 1 N–H and O–H groups in total. The molecule has 0 spiro atoms. The molecule has 2 aromatic carbocycles. The molecular weight excluding hydrogens is 309 g/mol. The number of hydrogen-bond acceptors (Lipinski definition) is 2. The van der Waals surface area contributed by atoms with Crippen molar-refractivity contribution < 1.29 is 4.39 Å². The van der Waals surface area contributed by atoms with Crippen LogP contribution in [0.15, 0.2) is 53.0 Å². The fourth-order valence-corrected chi connectivity index (χ4v) is 2.32. The Morgan fingerprint density at radius 2 is 1.84 bits per heavy atom. The van der Waals surface area contributed by atoms with Gasteiger partial charge in [-0.3, -0.25) is 5.10 Å². The van der Waals surface area contributed by atoms with E-state index in [-0.39, 0.29) is 5.82 Å². The fraction of sp³-hybridized carbons (Fsp3) is 0. The number of nitrogens with one attached hydrogen (secondary N) is 1. The molecular formula is C14H9BrFN3. The molecule has 0 bridgehead atoms. The largest absolute Gasteiger partial charge is 0.259 e. The average Bonchev–Trinajstić information content (AvgIpc) is 2.89. The van der Waals surface area contributed by atoms with Crippen LogP contribution < -0.4 is 0 Å². The summed E-state index contributed by atoms with van der Waals surface area (Å²) in [6, 6.07) is 14.1. The molecule has 1 heterocycles. The van der Waals surface area contributed by atoms with Gasteiger partial charge in [0.2, 0.25) is 0 Å². The van der Waals surface area contributed by atoms with E-state index < -0.39 is 0 Å². The van der Waals surface area contributed by atoms with Gasteiger partial charge in [0, 0.05) is 15.6 Å². The average molecular weight is 318 g/mol. The molecule has 0 radical (unpaired) electrons. The minimum absolute atomic E-state index is 0.293. The van der Waals surface area contributed by atoms with E-state index in [1.807, 2.05) is 30.3 Å². The van der Waals surface area contributed by atoms with Crippen molar-refractivity contribution in [3.8, 4) is 22.8 Å². The van der Waals surface area contributed by atoms with Crippen molar-refractivity contribution in [1.29, 1.82) is 0 Å². The minimum atomic E-state index is -0.293. The summed E-state index contributed by atoms with van der Waals surface area (Å²) in [5, 5.41) is 7.04. The predicted molar refractivity (Wildman–Crippen MR) is 74.9 cm³/mol. The number of rotatable bonds is 2. The Labute approximate surface area is 117 Å². The number of nitrogens with zero attached hydrogens (tertiary/aromatic N) is 2. The number of H-pyrrole nitrogens is 1. The first-order valence-electron chi connectivity index (χ1n) is 5.67. The van der Waals surface area contributed by atoms with Crippen molar-refractivity contribution in [3.05, 3.63) is 58.8 Å². The van der Waals surface area contributed by atoms with Gasteiger partial charge in [-0.25, -0.2) is 9.37 Å². The Morgan fingerprint density at radius 1 is 1.05 bits per heavy atom. The Kier molecular flexibility index (Phi) is 3.13. The number of aromatic amines is 1. The zero-order valence-electron chi connectivity index (χ0n) is 9.77. The lowest BCUT2D eigenvalue weighted by Crippen LogP contribution is -1.84. The monoisotopic (exact) mass is 317 g/mol. The number of benzene rings is 2. The molecule has 3 nitrogen and oxygen atoms in total. The van der Waals surface area contributed by atoms with E-state index in [1.54, 1.807) is 6.07 Å². The van der Waals surface area contributed by atoms with Crippen molar-refractivity contribution >= 4 is 15.9 Å². The first-order valence-corrected chi connectivity index (χ1v) is 6.46. The third-order valence-corrected chi connectivity index (χ3v) is 3.36. The van der Waals surface area contributed by atoms with Gasteiger partial charge in [0.05, 0.1) is 0 Å². The second-order valence-electron chi connectivity index (χ2n) is 4.00. The number of hydrogen-bond donors (Lipinski definition) is 1. The van der Waals surface area contributed by atoms with E-state index in [4.69, 9.17) is 0 Å². The molecule has 5 heteroatoms. The first-order chi connectivity index (χ1) is 9.24. The van der Waals surface area contributed by atoms with Crippen molar-refractivity contribution in [3.63, 3.8) is 0 Å². The summed E-state index contributed by atoms with van der Waals surface area (Å²) in [6.45, 7) is 0. The predicted octanol–water partition coefficient (Wildman–Crippen LogP) is 4.04. The maximum atomic E-state index is 13.1. The van der Waals surface area contributed by atoms with Crippen LogP contribution in [0.2, 0.25) is 0 Å². The zero-order chi connectivity index (χ0) is 13.2. The summed E-state index contributed by atoms with van der Waals surface area (Å²) in [4.78, 5) is 4.42. The van der Waals surface area contributed by atoms with E-state index in [0.717, 1.165) is 11.1 Å². The van der Waals surface area contributed by atoms with Gasteiger partial charge < -0.3 is 0 Å². The highest BCUT2D eigenvalue weighted by Crippen LogP contribution is 2.27. The summed E-state index contributed by atoms with van der Waals surface area (Å²) in [6.07, 6.45) is 0. The van der Waals surface area contributed by atoms with Gasteiger partial charge in [-0.05, 0) is 34.1 Å². The van der Waals surface area contributed by atoms with E-state index in [9.17, 15) is 4.39 Å². The molecule has 3 aromatic rings. The van der Waals surface area contributed by atoms with Crippen LogP contribution in [-0.4, -0.2) is 15.2 Å². The van der Waals surface area contributed by atoms with E-state index in [0.29, 0.717) is 16.1 Å². The molecule has 0 aliphatic carbocycles. The molecule has 0 aliphatic heterocycles. The Hall–Kier alpha value is -2.01.